The molecule has 0 aromatic carbocycles. The number of carbonyl (C=O) groups is 3. The van der Waals surface area contributed by atoms with Crippen LogP contribution >= 0.6 is 0 Å². The molecule has 2 heterocycles. The van der Waals surface area contributed by atoms with Gasteiger partial charge in [-0.15, -0.1) is 0 Å². The van der Waals surface area contributed by atoms with E-state index in [9.17, 15) is 14.4 Å². The lowest BCUT2D eigenvalue weighted by Crippen LogP contribution is -2.40. The zero-order valence-corrected chi connectivity index (χ0v) is 14.5. The first-order valence-corrected chi connectivity index (χ1v) is 8.27. The van der Waals surface area contributed by atoms with E-state index in [2.05, 4.69) is 10.3 Å². The van der Waals surface area contributed by atoms with E-state index in [-0.39, 0.29) is 24.3 Å². The van der Waals surface area contributed by atoms with Crippen molar-refractivity contribution in [2.75, 3.05) is 26.8 Å². The molecule has 8 heteroatoms. The summed E-state index contributed by atoms with van der Waals surface area (Å²) in [7, 11) is 1.38. The van der Waals surface area contributed by atoms with E-state index in [0.717, 1.165) is 0 Å². The summed E-state index contributed by atoms with van der Waals surface area (Å²) in [6.07, 6.45) is 2.21. The van der Waals surface area contributed by atoms with Crippen LogP contribution in [0.25, 0.3) is 0 Å². The van der Waals surface area contributed by atoms with Crippen LogP contribution in [0, 0.1) is 5.92 Å². The molecule has 0 unspecified atom stereocenters. The molecule has 2 rings (SSSR count). The molecule has 1 fully saturated rings. The number of hydrogen-bond acceptors (Lipinski definition) is 6. The molecule has 0 aliphatic carbocycles. The van der Waals surface area contributed by atoms with Gasteiger partial charge < -0.3 is 19.7 Å². The molecule has 0 atom stereocenters. The highest BCUT2D eigenvalue weighted by molar-refractivity contribution is 5.94. The van der Waals surface area contributed by atoms with Crippen LogP contribution in [0.2, 0.25) is 0 Å². The number of carbonyl (C=O) groups excluding carboxylic acids is 3. The van der Waals surface area contributed by atoms with Gasteiger partial charge in [-0.05, 0) is 31.9 Å². The number of piperidine rings is 1. The standard InChI is InChI=1S/C17H23N3O5/c1-3-25-17(23)19-11-14-10-13(4-7-18-14)15(21)20-8-5-12(6-9-20)16(22)24-2/h4,7,10,12H,3,5-6,8-9,11H2,1-2H3,(H,19,23). The summed E-state index contributed by atoms with van der Waals surface area (Å²) in [5.41, 5.74) is 1.08. The van der Waals surface area contributed by atoms with E-state index < -0.39 is 6.09 Å². The van der Waals surface area contributed by atoms with Crippen LogP contribution in [0.3, 0.4) is 0 Å². The van der Waals surface area contributed by atoms with Gasteiger partial charge >= 0.3 is 12.1 Å². The lowest BCUT2D eigenvalue weighted by atomic mass is 9.96. The fraction of sp³-hybridized carbons (Fsp3) is 0.529. The molecule has 0 bridgehead atoms. The summed E-state index contributed by atoms with van der Waals surface area (Å²) >= 11 is 0. The van der Waals surface area contributed by atoms with Crippen molar-refractivity contribution in [1.29, 1.82) is 0 Å². The lowest BCUT2D eigenvalue weighted by Gasteiger charge is -2.30. The third kappa shape index (κ3) is 5.17. The van der Waals surface area contributed by atoms with Crippen molar-refractivity contribution in [3.63, 3.8) is 0 Å². The van der Waals surface area contributed by atoms with Crippen LogP contribution in [0.4, 0.5) is 4.79 Å². The fourth-order valence-electron chi connectivity index (χ4n) is 2.72. The molecular weight excluding hydrogens is 326 g/mol. The quantitative estimate of drug-likeness (QED) is 0.806. The molecule has 0 spiro atoms. The summed E-state index contributed by atoms with van der Waals surface area (Å²) in [6.45, 7) is 3.22. The Morgan fingerprint density at radius 3 is 2.68 bits per heavy atom. The fourth-order valence-corrected chi connectivity index (χ4v) is 2.72. The Balaban J connectivity index is 1.93. The van der Waals surface area contributed by atoms with Crippen LogP contribution < -0.4 is 5.32 Å². The summed E-state index contributed by atoms with van der Waals surface area (Å²) in [6, 6.07) is 3.30. The Hall–Kier alpha value is -2.64. The molecule has 2 amide bonds. The van der Waals surface area contributed by atoms with Gasteiger partial charge in [0.15, 0.2) is 0 Å². The van der Waals surface area contributed by atoms with Gasteiger partial charge in [0, 0.05) is 24.8 Å². The van der Waals surface area contributed by atoms with E-state index in [1.807, 2.05) is 0 Å². The minimum absolute atomic E-state index is 0.108. The Morgan fingerprint density at radius 2 is 2.04 bits per heavy atom. The van der Waals surface area contributed by atoms with Gasteiger partial charge in [0.2, 0.25) is 0 Å². The third-order valence-corrected chi connectivity index (χ3v) is 4.07. The monoisotopic (exact) mass is 349 g/mol. The zero-order valence-electron chi connectivity index (χ0n) is 14.5. The molecule has 0 saturated carbocycles. The Labute approximate surface area is 146 Å². The number of hydrogen-bond donors (Lipinski definition) is 1. The van der Waals surface area contributed by atoms with Gasteiger partial charge in [-0.1, -0.05) is 0 Å². The van der Waals surface area contributed by atoms with Crippen LogP contribution in [0.5, 0.6) is 0 Å². The molecular formula is C17H23N3O5. The van der Waals surface area contributed by atoms with Crippen LogP contribution in [-0.2, 0) is 20.8 Å². The lowest BCUT2D eigenvalue weighted by molar-refractivity contribution is -0.146. The number of methoxy groups -OCH3 is 1. The molecule has 1 aromatic heterocycles. The molecule has 1 saturated heterocycles. The average molecular weight is 349 g/mol. The minimum Gasteiger partial charge on any atom is -0.469 e. The second-order valence-corrected chi connectivity index (χ2v) is 5.70. The van der Waals surface area contributed by atoms with E-state index >= 15 is 0 Å². The van der Waals surface area contributed by atoms with E-state index in [1.165, 1.54) is 13.3 Å². The second-order valence-electron chi connectivity index (χ2n) is 5.70. The summed E-state index contributed by atoms with van der Waals surface area (Å²) in [5, 5.41) is 2.57. The van der Waals surface area contributed by atoms with Crippen molar-refractivity contribution >= 4 is 18.0 Å². The van der Waals surface area contributed by atoms with Crippen molar-refractivity contribution in [3.05, 3.63) is 29.6 Å². The van der Waals surface area contributed by atoms with Crippen molar-refractivity contribution < 1.29 is 23.9 Å². The topological polar surface area (TPSA) is 97.8 Å². The van der Waals surface area contributed by atoms with Gasteiger partial charge in [0.05, 0.1) is 31.9 Å². The van der Waals surface area contributed by atoms with Crippen LogP contribution in [0.15, 0.2) is 18.3 Å². The van der Waals surface area contributed by atoms with Crippen molar-refractivity contribution in [3.8, 4) is 0 Å². The van der Waals surface area contributed by atoms with E-state index in [0.29, 0.717) is 43.8 Å². The smallest absolute Gasteiger partial charge is 0.407 e. The third-order valence-electron chi connectivity index (χ3n) is 4.07. The molecule has 8 nitrogen and oxygen atoms in total. The van der Waals surface area contributed by atoms with E-state index in [1.54, 1.807) is 24.0 Å². The number of pyridine rings is 1. The molecule has 1 aliphatic rings. The van der Waals surface area contributed by atoms with Crippen LogP contribution in [0.1, 0.15) is 35.8 Å². The number of alkyl carbamates (subject to hydrolysis) is 1. The number of nitrogens with zero attached hydrogens (tertiary/aromatic N) is 2. The molecule has 1 N–H and O–H groups in total. The van der Waals surface area contributed by atoms with Gasteiger partial charge in [-0.3, -0.25) is 14.6 Å². The normalized spacial score (nSPS) is 14.7. The van der Waals surface area contributed by atoms with Gasteiger partial charge in [0.25, 0.3) is 5.91 Å². The van der Waals surface area contributed by atoms with Gasteiger partial charge in [-0.2, -0.15) is 0 Å². The van der Waals surface area contributed by atoms with Crippen molar-refractivity contribution in [1.82, 2.24) is 15.2 Å². The molecule has 25 heavy (non-hydrogen) atoms. The largest absolute Gasteiger partial charge is 0.469 e. The summed E-state index contributed by atoms with van der Waals surface area (Å²) in [5.74, 6) is -0.470. The SMILES string of the molecule is CCOC(=O)NCc1cc(C(=O)N2CCC(C(=O)OC)CC2)ccn1. The maximum Gasteiger partial charge on any atom is 0.407 e. The molecule has 1 aliphatic heterocycles. The highest BCUT2D eigenvalue weighted by atomic mass is 16.5. The Bertz CT molecular complexity index is 626. The second kappa shape index (κ2) is 9.00. The number of rotatable bonds is 5. The minimum atomic E-state index is -0.522. The first kappa shape index (κ1) is 18.7. The highest BCUT2D eigenvalue weighted by Crippen LogP contribution is 2.20. The number of likely N-dealkylation sites (tertiary alicyclic amines) is 1. The number of esters is 1. The Kier molecular flexibility index (Phi) is 6.73. The molecule has 136 valence electrons. The maximum atomic E-state index is 12.6. The summed E-state index contributed by atoms with van der Waals surface area (Å²) < 4.78 is 9.54. The predicted octanol–water partition coefficient (Wildman–Crippen LogP) is 1.35. The molecule has 1 aromatic rings. The van der Waals surface area contributed by atoms with Gasteiger partial charge in [0.1, 0.15) is 0 Å². The predicted molar refractivity (Wildman–Crippen MR) is 88.7 cm³/mol. The zero-order chi connectivity index (χ0) is 18.2. The number of aromatic nitrogens is 1. The number of nitrogens with one attached hydrogen (secondary N) is 1. The average Bonchev–Trinajstić information content (AvgIpc) is 2.66. The van der Waals surface area contributed by atoms with Crippen LogP contribution in [-0.4, -0.2) is 54.7 Å². The molecule has 0 radical (unpaired) electrons. The first-order valence-electron chi connectivity index (χ1n) is 8.27. The van der Waals surface area contributed by atoms with Gasteiger partial charge in [-0.25, -0.2) is 4.79 Å². The van der Waals surface area contributed by atoms with Crippen molar-refractivity contribution in [2.24, 2.45) is 5.92 Å². The maximum absolute atomic E-state index is 12.6. The highest BCUT2D eigenvalue weighted by Gasteiger charge is 2.28. The Morgan fingerprint density at radius 1 is 1.32 bits per heavy atom. The first-order chi connectivity index (χ1) is 12.0. The summed E-state index contributed by atoms with van der Waals surface area (Å²) in [4.78, 5) is 41.3. The number of ether oxygens (including phenoxy) is 2. The van der Waals surface area contributed by atoms with Crippen molar-refractivity contribution in [2.45, 2.75) is 26.3 Å². The van der Waals surface area contributed by atoms with E-state index in [4.69, 9.17) is 9.47 Å². The number of amides is 2.